The van der Waals surface area contributed by atoms with Crippen LogP contribution in [0.3, 0.4) is 0 Å². The molecule has 1 fully saturated rings. The van der Waals surface area contributed by atoms with Crippen LogP contribution in [-0.2, 0) is 9.53 Å². The van der Waals surface area contributed by atoms with Gasteiger partial charge in [0.15, 0.2) is 0 Å². The van der Waals surface area contributed by atoms with E-state index in [-0.39, 0.29) is 12.6 Å². The van der Waals surface area contributed by atoms with E-state index in [1.54, 1.807) is 0 Å². The molecule has 1 aliphatic rings. The molecule has 1 aromatic carbocycles. The van der Waals surface area contributed by atoms with Crippen LogP contribution >= 0.6 is 0 Å². The number of hydrogen-bond acceptors (Lipinski definition) is 3. The van der Waals surface area contributed by atoms with Crippen molar-refractivity contribution in [3.05, 3.63) is 35.9 Å². The molecule has 18 heavy (non-hydrogen) atoms. The van der Waals surface area contributed by atoms with Gasteiger partial charge in [-0.25, -0.2) is 4.79 Å². The number of halogens is 2. The first-order chi connectivity index (χ1) is 8.49. The Morgan fingerprint density at radius 3 is 2.67 bits per heavy atom. The SMILES string of the molecule is C[C@@H](NCC1CC(F)(F)C(=O)O1)c1ccccc1. The lowest BCUT2D eigenvalue weighted by Crippen LogP contribution is -2.29. The van der Waals surface area contributed by atoms with Crippen molar-refractivity contribution >= 4 is 5.97 Å². The summed E-state index contributed by atoms with van der Waals surface area (Å²) in [5, 5.41) is 3.09. The quantitative estimate of drug-likeness (QED) is 0.839. The van der Waals surface area contributed by atoms with Crippen LogP contribution in [0.4, 0.5) is 8.78 Å². The van der Waals surface area contributed by atoms with Crippen molar-refractivity contribution in [3.63, 3.8) is 0 Å². The average molecular weight is 255 g/mol. The summed E-state index contributed by atoms with van der Waals surface area (Å²) in [6.45, 7) is 2.17. The highest BCUT2D eigenvalue weighted by molar-refractivity contribution is 5.79. The van der Waals surface area contributed by atoms with Crippen molar-refractivity contribution in [2.75, 3.05) is 6.54 Å². The van der Waals surface area contributed by atoms with E-state index in [0.29, 0.717) is 0 Å². The molecule has 1 heterocycles. The fraction of sp³-hybridized carbons (Fsp3) is 0.462. The maximum Gasteiger partial charge on any atom is 0.377 e. The molecule has 1 saturated heterocycles. The van der Waals surface area contributed by atoms with E-state index in [0.717, 1.165) is 5.56 Å². The summed E-state index contributed by atoms with van der Waals surface area (Å²) in [7, 11) is 0. The molecule has 0 bridgehead atoms. The van der Waals surface area contributed by atoms with Crippen LogP contribution in [0, 0.1) is 0 Å². The Morgan fingerprint density at radius 2 is 2.11 bits per heavy atom. The Balaban J connectivity index is 1.85. The van der Waals surface area contributed by atoms with Crippen LogP contribution in [0.25, 0.3) is 0 Å². The van der Waals surface area contributed by atoms with Crippen molar-refractivity contribution in [2.24, 2.45) is 0 Å². The van der Waals surface area contributed by atoms with Crippen LogP contribution in [0.15, 0.2) is 30.3 Å². The monoisotopic (exact) mass is 255 g/mol. The number of esters is 1. The number of carbonyl (C=O) groups is 1. The Kier molecular flexibility index (Phi) is 3.61. The number of hydrogen-bond donors (Lipinski definition) is 1. The number of carbonyl (C=O) groups excluding carboxylic acids is 1. The second kappa shape index (κ2) is 5.02. The number of benzene rings is 1. The van der Waals surface area contributed by atoms with Gasteiger partial charge in [0.05, 0.1) is 6.42 Å². The minimum atomic E-state index is -3.33. The largest absolute Gasteiger partial charge is 0.456 e. The van der Waals surface area contributed by atoms with Crippen LogP contribution in [0.2, 0.25) is 0 Å². The molecule has 3 nitrogen and oxygen atoms in total. The van der Waals surface area contributed by atoms with Gasteiger partial charge >= 0.3 is 11.9 Å². The highest BCUT2D eigenvalue weighted by Crippen LogP contribution is 2.30. The summed E-state index contributed by atoms with van der Waals surface area (Å²) >= 11 is 0. The van der Waals surface area contributed by atoms with Crippen molar-refractivity contribution in [1.82, 2.24) is 5.32 Å². The predicted molar refractivity (Wildman–Crippen MR) is 62.3 cm³/mol. The van der Waals surface area contributed by atoms with E-state index in [4.69, 9.17) is 0 Å². The summed E-state index contributed by atoms with van der Waals surface area (Å²) in [6.07, 6.45) is -1.29. The molecule has 0 spiro atoms. The Bertz CT molecular complexity index is 422. The van der Waals surface area contributed by atoms with E-state index >= 15 is 0 Å². The smallest absolute Gasteiger partial charge is 0.377 e. The summed E-state index contributed by atoms with van der Waals surface area (Å²) in [5.41, 5.74) is 1.06. The Hall–Kier alpha value is -1.49. The molecule has 5 heteroatoms. The lowest BCUT2D eigenvalue weighted by atomic mass is 10.1. The van der Waals surface area contributed by atoms with Gasteiger partial charge < -0.3 is 10.1 Å². The summed E-state index contributed by atoms with van der Waals surface area (Å²) in [6, 6.07) is 9.67. The molecule has 1 N–H and O–H groups in total. The molecule has 2 rings (SSSR count). The van der Waals surface area contributed by atoms with E-state index in [9.17, 15) is 13.6 Å². The Labute approximate surface area is 104 Å². The second-order valence-corrected chi connectivity index (χ2v) is 4.48. The fourth-order valence-electron chi connectivity index (χ4n) is 1.93. The van der Waals surface area contributed by atoms with Crippen LogP contribution in [0.1, 0.15) is 24.9 Å². The molecule has 1 aromatic rings. The van der Waals surface area contributed by atoms with Gasteiger partial charge in [-0.15, -0.1) is 0 Å². The normalized spacial score (nSPS) is 23.7. The van der Waals surface area contributed by atoms with Crippen LogP contribution < -0.4 is 5.32 Å². The molecule has 2 atom stereocenters. The summed E-state index contributed by atoms with van der Waals surface area (Å²) < 4.78 is 30.5. The lowest BCUT2D eigenvalue weighted by molar-refractivity contribution is -0.159. The van der Waals surface area contributed by atoms with Gasteiger partial charge in [0, 0.05) is 12.6 Å². The van der Waals surface area contributed by atoms with Crippen LogP contribution in [0.5, 0.6) is 0 Å². The zero-order chi connectivity index (χ0) is 13.2. The third-order valence-corrected chi connectivity index (χ3v) is 3.01. The molecule has 0 radical (unpaired) electrons. The molecule has 0 aliphatic carbocycles. The lowest BCUT2D eigenvalue weighted by Gasteiger charge is -2.16. The van der Waals surface area contributed by atoms with Crippen molar-refractivity contribution in [3.8, 4) is 0 Å². The number of cyclic esters (lactones) is 1. The van der Waals surface area contributed by atoms with Gasteiger partial charge in [-0.1, -0.05) is 30.3 Å². The summed E-state index contributed by atoms with van der Waals surface area (Å²) in [4.78, 5) is 10.8. The van der Waals surface area contributed by atoms with Gasteiger partial charge in [0.25, 0.3) is 0 Å². The minimum Gasteiger partial charge on any atom is -0.456 e. The number of alkyl halides is 2. The van der Waals surface area contributed by atoms with Crippen LogP contribution in [-0.4, -0.2) is 24.5 Å². The van der Waals surface area contributed by atoms with Gasteiger partial charge in [0.2, 0.25) is 0 Å². The molecular formula is C13H15F2NO2. The third-order valence-electron chi connectivity index (χ3n) is 3.01. The van der Waals surface area contributed by atoms with Gasteiger partial charge in [-0.3, -0.25) is 0 Å². The minimum absolute atomic E-state index is 0.0270. The molecule has 1 unspecified atom stereocenters. The van der Waals surface area contributed by atoms with Crippen molar-refractivity contribution in [2.45, 2.75) is 31.4 Å². The topological polar surface area (TPSA) is 38.3 Å². The first-order valence-electron chi connectivity index (χ1n) is 5.86. The van der Waals surface area contributed by atoms with Gasteiger partial charge in [-0.05, 0) is 12.5 Å². The van der Waals surface area contributed by atoms with E-state index in [1.165, 1.54) is 0 Å². The zero-order valence-electron chi connectivity index (χ0n) is 10.0. The van der Waals surface area contributed by atoms with Crippen molar-refractivity contribution < 1.29 is 18.3 Å². The molecule has 1 aliphatic heterocycles. The van der Waals surface area contributed by atoms with Gasteiger partial charge in [0.1, 0.15) is 6.10 Å². The maximum atomic E-state index is 12.9. The highest BCUT2D eigenvalue weighted by Gasteiger charge is 2.50. The molecule has 0 amide bonds. The maximum absolute atomic E-state index is 12.9. The second-order valence-electron chi connectivity index (χ2n) is 4.48. The number of ether oxygens (including phenoxy) is 1. The number of rotatable bonds is 4. The predicted octanol–water partition coefficient (Wildman–Crippen LogP) is 2.29. The molecule has 98 valence electrons. The summed E-state index contributed by atoms with van der Waals surface area (Å²) in [5.74, 6) is -4.75. The van der Waals surface area contributed by atoms with E-state index in [1.807, 2.05) is 37.3 Å². The highest BCUT2D eigenvalue weighted by atomic mass is 19.3. The van der Waals surface area contributed by atoms with Crippen molar-refractivity contribution in [1.29, 1.82) is 0 Å². The van der Waals surface area contributed by atoms with E-state index in [2.05, 4.69) is 10.1 Å². The molecule has 0 saturated carbocycles. The van der Waals surface area contributed by atoms with Gasteiger partial charge in [-0.2, -0.15) is 8.78 Å². The molecular weight excluding hydrogens is 240 g/mol. The first kappa shape index (κ1) is 13.0. The fourth-order valence-corrected chi connectivity index (χ4v) is 1.93. The number of nitrogens with one attached hydrogen (secondary N) is 1. The molecule has 0 aromatic heterocycles. The average Bonchev–Trinajstić information content (AvgIpc) is 2.61. The standard InChI is InChI=1S/C13H15F2NO2/c1-9(10-5-3-2-4-6-10)16-8-11-7-13(14,15)12(17)18-11/h2-6,9,11,16H,7-8H2,1H3/t9-,11?/m1/s1. The zero-order valence-corrected chi connectivity index (χ0v) is 10.0. The van der Waals surface area contributed by atoms with E-state index < -0.39 is 24.4 Å². The Morgan fingerprint density at radius 1 is 1.44 bits per heavy atom. The third kappa shape index (κ3) is 2.85. The first-order valence-corrected chi connectivity index (χ1v) is 5.86.